The zero-order valence-electron chi connectivity index (χ0n) is 12.5. The van der Waals surface area contributed by atoms with Crippen molar-refractivity contribution in [2.75, 3.05) is 18.1 Å². The van der Waals surface area contributed by atoms with Crippen molar-refractivity contribution in [2.45, 2.75) is 6.92 Å². The quantitative estimate of drug-likeness (QED) is 0.758. The Hall–Kier alpha value is -2.04. The van der Waals surface area contributed by atoms with Crippen LogP contribution in [-0.2, 0) is 9.53 Å². The molecule has 2 aromatic carbocycles. The SMILES string of the molecule is CCN(C(=O)COC(=O)c1cc(Cl)ccc1Cl)c1ccccc1. The van der Waals surface area contributed by atoms with Crippen LogP contribution in [0.5, 0.6) is 0 Å². The lowest BCUT2D eigenvalue weighted by Gasteiger charge is -2.20. The van der Waals surface area contributed by atoms with Crippen molar-refractivity contribution < 1.29 is 14.3 Å². The Bertz CT molecular complexity index is 704. The van der Waals surface area contributed by atoms with E-state index in [4.69, 9.17) is 27.9 Å². The summed E-state index contributed by atoms with van der Waals surface area (Å²) in [6, 6.07) is 13.7. The second-order valence-electron chi connectivity index (χ2n) is 4.67. The van der Waals surface area contributed by atoms with Gasteiger partial charge >= 0.3 is 5.97 Å². The number of rotatable bonds is 5. The molecule has 23 heavy (non-hydrogen) atoms. The van der Waals surface area contributed by atoms with Crippen LogP contribution in [0.3, 0.4) is 0 Å². The summed E-state index contributed by atoms with van der Waals surface area (Å²) in [5.74, 6) is -1.000. The van der Waals surface area contributed by atoms with E-state index >= 15 is 0 Å². The fraction of sp³-hybridized carbons (Fsp3) is 0.176. The number of hydrogen-bond donors (Lipinski definition) is 0. The van der Waals surface area contributed by atoms with Crippen LogP contribution in [0.4, 0.5) is 5.69 Å². The van der Waals surface area contributed by atoms with Crippen molar-refractivity contribution in [3.8, 4) is 0 Å². The molecule has 4 nitrogen and oxygen atoms in total. The van der Waals surface area contributed by atoms with Gasteiger partial charge in [0.05, 0.1) is 10.6 Å². The maximum Gasteiger partial charge on any atom is 0.340 e. The van der Waals surface area contributed by atoms with Crippen LogP contribution in [-0.4, -0.2) is 25.0 Å². The van der Waals surface area contributed by atoms with E-state index in [9.17, 15) is 9.59 Å². The van der Waals surface area contributed by atoms with Gasteiger partial charge in [-0.25, -0.2) is 4.79 Å². The summed E-state index contributed by atoms with van der Waals surface area (Å²) >= 11 is 11.8. The molecule has 0 aliphatic heterocycles. The van der Waals surface area contributed by atoms with Crippen LogP contribution in [0, 0.1) is 0 Å². The fourth-order valence-electron chi connectivity index (χ4n) is 2.05. The van der Waals surface area contributed by atoms with Crippen LogP contribution in [0.15, 0.2) is 48.5 Å². The topological polar surface area (TPSA) is 46.6 Å². The number of esters is 1. The highest BCUT2D eigenvalue weighted by molar-refractivity contribution is 6.35. The minimum Gasteiger partial charge on any atom is -0.452 e. The molecule has 1 amide bonds. The largest absolute Gasteiger partial charge is 0.452 e. The van der Waals surface area contributed by atoms with E-state index in [1.807, 2.05) is 37.3 Å². The number of ether oxygens (including phenoxy) is 1. The molecule has 0 spiro atoms. The molecule has 0 atom stereocenters. The summed E-state index contributed by atoms with van der Waals surface area (Å²) < 4.78 is 5.06. The molecule has 0 aromatic heterocycles. The maximum atomic E-state index is 12.3. The fourth-order valence-corrected chi connectivity index (χ4v) is 2.41. The Kier molecular flexibility index (Phi) is 6.02. The van der Waals surface area contributed by atoms with Gasteiger partial charge in [-0.2, -0.15) is 0 Å². The molecule has 0 aliphatic rings. The molecule has 6 heteroatoms. The zero-order valence-corrected chi connectivity index (χ0v) is 14.0. The predicted octanol–water partition coefficient (Wildman–Crippen LogP) is 4.20. The Morgan fingerprint density at radius 2 is 1.78 bits per heavy atom. The van der Waals surface area contributed by atoms with E-state index in [1.54, 1.807) is 6.07 Å². The van der Waals surface area contributed by atoms with Gasteiger partial charge in [0.25, 0.3) is 5.91 Å². The van der Waals surface area contributed by atoms with Gasteiger partial charge in [-0.3, -0.25) is 4.79 Å². The first-order valence-corrected chi connectivity index (χ1v) is 7.76. The molecular weight excluding hydrogens is 337 g/mol. The van der Waals surface area contributed by atoms with Crippen molar-refractivity contribution in [1.82, 2.24) is 0 Å². The maximum absolute atomic E-state index is 12.3. The van der Waals surface area contributed by atoms with E-state index in [0.29, 0.717) is 11.6 Å². The van der Waals surface area contributed by atoms with E-state index in [0.717, 1.165) is 5.69 Å². The second-order valence-corrected chi connectivity index (χ2v) is 5.52. The van der Waals surface area contributed by atoms with Gasteiger partial charge in [-0.05, 0) is 37.3 Å². The lowest BCUT2D eigenvalue weighted by atomic mass is 10.2. The van der Waals surface area contributed by atoms with E-state index < -0.39 is 5.97 Å². The number of halogens is 2. The lowest BCUT2D eigenvalue weighted by Crippen LogP contribution is -2.34. The number of benzene rings is 2. The van der Waals surface area contributed by atoms with Gasteiger partial charge in [0, 0.05) is 17.3 Å². The highest BCUT2D eigenvalue weighted by Crippen LogP contribution is 2.21. The Balaban J connectivity index is 2.03. The van der Waals surface area contributed by atoms with E-state index in [1.165, 1.54) is 17.0 Å². The van der Waals surface area contributed by atoms with Gasteiger partial charge in [-0.15, -0.1) is 0 Å². The Labute approximate surface area is 144 Å². The van der Waals surface area contributed by atoms with Gasteiger partial charge in [0.15, 0.2) is 6.61 Å². The number of hydrogen-bond acceptors (Lipinski definition) is 3. The third kappa shape index (κ3) is 4.47. The summed E-state index contributed by atoms with van der Waals surface area (Å²) in [6.45, 7) is 1.95. The molecule has 2 aromatic rings. The zero-order chi connectivity index (χ0) is 16.8. The van der Waals surface area contributed by atoms with Crippen LogP contribution in [0.1, 0.15) is 17.3 Å². The van der Waals surface area contributed by atoms with Crippen molar-refractivity contribution in [3.05, 3.63) is 64.1 Å². The van der Waals surface area contributed by atoms with Gasteiger partial charge < -0.3 is 9.64 Å². The highest BCUT2D eigenvalue weighted by Gasteiger charge is 2.18. The predicted molar refractivity (Wildman–Crippen MR) is 91.2 cm³/mol. The number of amides is 1. The molecule has 0 saturated heterocycles. The minimum atomic E-state index is -0.685. The van der Waals surface area contributed by atoms with Gasteiger partial charge in [0.1, 0.15) is 0 Å². The number of likely N-dealkylation sites (N-methyl/N-ethyl adjacent to an activating group) is 1. The summed E-state index contributed by atoms with van der Waals surface area (Å²) in [5, 5.41) is 0.592. The number of carbonyl (C=O) groups excluding carboxylic acids is 2. The molecule has 0 unspecified atom stereocenters. The molecule has 2 rings (SSSR count). The lowest BCUT2D eigenvalue weighted by molar-refractivity contribution is -0.121. The van der Waals surface area contributed by atoms with Crippen molar-refractivity contribution in [3.63, 3.8) is 0 Å². The standard InChI is InChI=1S/C17H15Cl2NO3/c1-2-20(13-6-4-3-5-7-13)16(21)11-23-17(22)14-10-12(18)8-9-15(14)19/h3-10H,2,11H2,1H3. The second kappa shape index (κ2) is 7.99. The average Bonchev–Trinajstić information content (AvgIpc) is 2.56. The first-order chi connectivity index (χ1) is 11.0. The van der Waals surface area contributed by atoms with Gasteiger partial charge in [-0.1, -0.05) is 41.4 Å². The molecule has 0 N–H and O–H groups in total. The summed E-state index contributed by atoms with van der Waals surface area (Å²) in [6.07, 6.45) is 0. The first-order valence-electron chi connectivity index (χ1n) is 7.00. The highest BCUT2D eigenvalue weighted by atomic mass is 35.5. The van der Waals surface area contributed by atoms with Crippen LogP contribution in [0.25, 0.3) is 0 Å². The molecule has 0 saturated carbocycles. The molecule has 0 radical (unpaired) electrons. The van der Waals surface area contributed by atoms with E-state index in [-0.39, 0.29) is 23.1 Å². The van der Waals surface area contributed by atoms with Crippen molar-refractivity contribution >= 4 is 40.8 Å². The number of nitrogens with zero attached hydrogens (tertiary/aromatic N) is 1. The Morgan fingerprint density at radius 3 is 2.43 bits per heavy atom. The van der Waals surface area contributed by atoms with E-state index in [2.05, 4.69) is 0 Å². The van der Waals surface area contributed by atoms with Gasteiger partial charge in [0.2, 0.25) is 0 Å². The summed E-state index contributed by atoms with van der Waals surface area (Å²) in [4.78, 5) is 25.8. The smallest absolute Gasteiger partial charge is 0.340 e. The summed E-state index contributed by atoms with van der Waals surface area (Å²) in [5.41, 5.74) is 0.881. The molecule has 0 bridgehead atoms. The van der Waals surface area contributed by atoms with Crippen molar-refractivity contribution in [1.29, 1.82) is 0 Å². The van der Waals surface area contributed by atoms with Crippen LogP contribution < -0.4 is 4.90 Å². The molecular formula is C17H15Cl2NO3. The normalized spacial score (nSPS) is 10.2. The summed E-state index contributed by atoms with van der Waals surface area (Å²) in [7, 11) is 0. The molecule has 0 fully saturated rings. The third-order valence-electron chi connectivity index (χ3n) is 3.16. The molecule has 0 heterocycles. The minimum absolute atomic E-state index is 0.134. The number of para-hydroxylation sites is 1. The number of carbonyl (C=O) groups is 2. The van der Waals surface area contributed by atoms with Crippen LogP contribution in [0.2, 0.25) is 10.0 Å². The number of anilines is 1. The van der Waals surface area contributed by atoms with Crippen molar-refractivity contribution in [2.24, 2.45) is 0 Å². The molecule has 0 aliphatic carbocycles. The monoisotopic (exact) mass is 351 g/mol. The molecule has 120 valence electrons. The van der Waals surface area contributed by atoms with Crippen LogP contribution >= 0.6 is 23.2 Å². The average molecular weight is 352 g/mol. The first kappa shape index (κ1) is 17.3. The Morgan fingerprint density at radius 1 is 1.09 bits per heavy atom. The third-order valence-corrected chi connectivity index (χ3v) is 3.72.